The minimum atomic E-state index is -0.367. The number of hydrogen-bond acceptors (Lipinski definition) is 7. The van der Waals surface area contributed by atoms with Gasteiger partial charge in [0.05, 0.1) is 6.54 Å². The fraction of sp³-hybridized carbons (Fsp3) is 0.533. The molecule has 1 aromatic heterocycles. The van der Waals surface area contributed by atoms with Gasteiger partial charge >= 0.3 is 5.69 Å². The van der Waals surface area contributed by atoms with E-state index in [4.69, 9.17) is 30.9 Å². The van der Waals surface area contributed by atoms with Gasteiger partial charge < -0.3 is 19.1 Å². The highest BCUT2D eigenvalue weighted by atomic mass is 35.5. The van der Waals surface area contributed by atoms with Crippen molar-refractivity contribution in [3.05, 3.63) is 75.9 Å². The maximum absolute atomic E-state index is 13.4. The first-order chi connectivity index (χ1) is 19.6. The van der Waals surface area contributed by atoms with E-state index < -0.39 is 0 Å². The van der Waals surface area contributed by atoms with Crippen LogP contribution in [0.5, 0.6) is 5.75 Å². The Morgan fingerprint density at radius 3 is 2.60 bits per heavy atom. The lowest BCUT2D eigenvalue weighted by Gasteiger charge is -2.36. The van der Waals surface area contributed by atoms with E-state index in [1.807, 2.05) is 55.5 Å². The van der Waals surface area contributed by atoms with Crippen molar-refractivity contribution in [3.63, 3.8) is 0 Å². The van der Waals surface area contributed by atoms with Gasteiger partial charge in [-0.1, -0.05) is 35.9 Å². The Morgan fingerprint density at radius 1 is 1.02 bits per heavy atom. The summed E-state index contributed by atoms with van der Waals surface area (Å²) in [5.41, 5.74) is 1.04. The quantitative estimate of drug-likeness (QED) is 0.316. The van der Waals surface area contributed by atoms with Crippen LogP contribution in [0, 0.1) is 0 Å². The minimum Gasteiger partial charge on any atom is -0.492 e. The minimum absolute atomic E-state index is 0.127. The molecule has 3 aromatic rings. The highest BCUT2D eigenvalue weighted by molar-refractivity contribution is 6.30. The van der Waals surface area contributed by atoms with Crippen LogP contribution in [-0.4, -0.2) is 71.5 Å². The second kappa shape index (κ2) is 14.2. The third-order valence-electron chi connectivity index (χ3n) is 7.53. The lowest BCUT2D eigenvalue weighted by molar-refractivity contribution is -0.188. The van der Waals surface area contributed by atoms with Crippen LogP contribution in [0.3, 0.4) is 0 Å². The molecule has 2 aromatic carbocycles. The van der Waals surface area contributed by atoms with E-state index in [-0.39, 0.29) is 18.1 Å². The van der Waals surface area contributed by atoms with Gasteiger partial charge in [0.1, 0.15) is 18.5 Å². The highest BCUT2D eigenvalue weighted by Gasteiger charge is 2.24. The third-order valence-corrected chi connectivity index (χ3v) is 7.76. The van der Waals surface area contributed by atoms with E-state index >= 15 is 0 Å². The van der Waals surface area contributed by atoms with Gasteiger partial charge in [-0.15, -0.1) is 0 Å². The number of aryl methyl sites for hydroxylation is 1. The number of rotatable bonds is 12. The van der Waals surface area contributed by atoms with Crippen LogP contribution in [0.15, 0.2) is 59.4 Å². The SMILES string of the molecule is CC(O[C@H]1CCCCO1)c1nn(CCCN2CCN(c3cccc(Cl)c3)CC2)c(=O)n1CCOc1ccccc1. The van der Waals surface area contributed by atoms with Crippen LogP contribution in [0.4, 0.5) is 5.69 Å². The fourth-order valence-corrected chi connectivity index (χ4v) is 5.52. The number of para-hydroxylation sites is 1. The molecule has 0 bridgehead atoms. The van der Waals surface area contributed by atoms with Crippen molar-refractivity contribution in [1.29, 1.82) is 0 Å². The zero-order chi connectivity index (χ0) is 27.7. The first kappa shape index (κ1) is 28.7. The molecule has 0 saturated carbocycles. The Balaban J connectivity index is 1.18. The molecule has 3 heterocycles. The summed E-state index contributed by atoms with van der Waals surface area (Å²) in [6.45, 7) is 8.75. The Morgan fingerprint density at radius 2 is 1.85 bits per heavy atom. The number of aromatic nitrogens is 3. The summed E-state index contributed by atoms with van der Waals surface area (Å²) >= 11 is 6.18. The predicted octanol–water partition coefficient (Wildman–Crippen LogP) is 4.59. The van der Waals surface area contributed by atoms with Gasteiger partial charge in [-0.25, -0.2) is 9.48 Å². The summed E-state index contributed by atoms with van der Waals surface area (Å²) in [5.74, 6) is 1.39. The standard InChI is InChI=1S/C30H40ClN5O4/c1-24(40-28-13-5-6-21-39-28)29-32-36(30(37)35(29)20-22-38-27-11-3-2-4-12-27)15-8-14-33-16-18-34(19-17-33)26-10-7-9-25(31)23-26/h2-4,7,9-12,23-24,28H,5-6,8,13-22H2,1H3/t24?,28-/m0/s1. The average molecular weight is 570 g/mol. The van der Waals surface area contributed by atoms with Crippen molar-refractivity contribution in [3.8, 4) is 5.75 Å². The lowest BCUT2D eigenvalue weighted by atomic mass is 10.2. The number of ether oxygens (including phenoxy) is 3. The summed E-state index contributed by atoms with van der Waals surface area (Å²) < 4.78 is 21.1. The molecular formula is C30H40ClN5O4. The van der Waals surface area contributed by atoms with Crippen molar-refractivity contribution in [2.45, 2.75) is 58.1 Å². The molecule has 0 spiro atoms. The molecule has 216 valence electrons. The van der Waals surface area contributed by atoms with Gasteiger partial charge in [0, 0.05) is 56.6 Å². The van der Waals surface area contributed by atoms with E-state index in [0.717, 1.165) is 69.2 Å². The molecule has 1 unspecified atom stereocenters. The van der Waals surface area contributed by atoms with Crippen molar-refractivity contribution >= 4 is 17.3 Å². The zero-order valence-electron chi connectivity index (χ0n) is 23.3. The molecule has 2 aliphatic rings. The van der Waals surface area contributed by atoms with Crippen LogP contribution in [0.1, 0.15) is 44.5 Å². The average Bonchev–Trinajstić information content (AvgIpc) is 3.29. The summed E-state index contributed by atoms with van der Waals surface area (Å²) in [7, 11) is 0. The highest BCUT2D eigenvalue weighted by Crippen LogP contribution is 2.23. The third kappa shape index (κ3) is 7.66. The van der Waals surface area contributed by atoms with Crippen molar-refractivity contribution < 1.29 is 14.2 Å². The maximum atomic E-state index is 13.4. The molecule has 2 fully saturated rings. The normalized spacial score (nSPS) is 19.1. The monoisotopic (exact) mass is 569 g/mol. The molecule has 2 atom stereocenters. The van der Waals surface area contributed by atoms with Crippen molar-refractivity contribution in [1.82, 2.24) is 19.2 Å². The number of piperazine rings is 1. The van der Waals surface area contributed by atoms with Crippen LogP contribution in [0.2, 0.25) is 5.02 Å². The van der Waals surface area contributed by atoms with E-state index in [1.165, 1.54) is 5.69 Å². The topological polar surface area (TPSA) is 74.0 Å². The number of hydrogen-bond donors (Lipinski definition) is 0. The lowest BCUT2D eigenvalue weighted by Crippen LogP contribution is -2.46. The molecule has 0 N–H and O–H groups in total. The van der Waals surface area contributed by atoms with Crippen molar-refractivity contribution in [2.75, 3.05) is 50.8 Å². The Kier molecular flexibility index (Phi) is 10.2. The molecule has 40 heavy (non-hydrogen) atoms. The van der Waals surface area contributed by atoms with Gasteiger partial charge in [-0.3, -0.25) is 9.47 Å². The van der Waals surface area contributed by atoms with Crippen LogP contribution >= 0.6 is 11.6 Å². The molecule has 2 saturated heterocycles. The van der Waals surface area contributed by atoms with Gasteiger partial charge in [0.25, 0.3) is 0 Å². The Bertz CT molecular complexity index is 1250. The number of halogens is 1. The summed E-state index contributed by atoms with van der Waals surface area (Å²) in [4.78, 5) is 18.2. The molecule has 9 nitrogen and oxygen atoms in total. The summed E-state index contributed by atoms with van der Waals surface area (Å²) in [6.07, 6.45) is 3.21. The molecule has 0 amide bonds. The predicted molar refractivity (Wildman–Crippen MR) is 156 cm³/mol. The number of benzene rings is 2. The second-order valence-electron chi connectivity index (χ2n) is 10.4. The summed E-state index contributed by atoms with van der Waals surface area (Å²) in [6, 6.07) is 17.7. The molecular weight excluding hydrogens is 530 g/mol. The smallest absolute Gasteiger partial charge is 0.346 e. The maximum Gasteiger partial charge on any atom is 0.346 e. The van der Waals surface area contributed by atoms with Crippen LogP contribution < -0.4 is 15.3 Å². The molecule has 5 rings (SSSR count). The molecule has 10 heteroatoms. The first-order valence-electron chi connectivity index (χ1n) is 14.4. The molecule has 2 aliphatic heterocycles. The van der Waals surface area contributed by atoms with Crippen LogP contribution in [-0.2, 0) is 22.6 Å². The zero-order valence-corrected chi connectivity index (χ0v) is 24.0. The largest absolute Gasteiger partial charge is 0.492 e. The van der Waals surface area contributed by atoms with E-state index in [1.54, 1.807) is 9.25 Å². The number of anilines is 1. The summed E-state index contributed by atoms with van der Waals surface area (Å²) in [5, 5.41) is 5.50. The van der Waals surface area contributed by atoms with Gasteiger partial charge in [0.2, 0.25) is 0 Å². The molecule has 0 radical (unpaired) electrons. The Labute approximate surface area is 241 Å². The van der Waals surface area contributed by atoms with Crippen molar-refractivity contribution in [2.24, 2.45) is 0 Å². The van der Waals surface area contributed by atoms with Crippen LogP contribution in [0.25, 0.3) is 0 Å². The van der Waals surface area contributed by atoms with E-state index in [9.17, 15) is 4.79 Å². The Hall–Kier alpha value is -2.85. The van der Waals surface area contributed by atoms with E-state index in [0.29, 0.717) is 32.1 Å². The van der Waals surface area contributed by atoms with Gasteiger partial charge in [0.15, 0.2) is 12.1 Å². The van der Waals surface area contributed by atoms with E-state index in [2.05, 4.69) is 15.9 Å². The first-order valence-corrected chi connectivity index (χ1v) is 14.8. The van der Waals surface area contributed by atoms with Gasteiger partial charge in [-0.05, 0) is 62.9 Å². The fourth-order valence-electron chi connectivity index (χ4n) is 5.34. The number of nitrogens with zero attached hydrogens (tertiary/aromatic N) is 5. The second-order valence-corrected chi connectivity index (χ2v) is 10.9. The molecule has 0 aliphatic carbocycles. The van der Waals surface area contributed by atoms with Gasteiger partial charge in [-0.2, -0.15) is 5.10 Å².